The highest BCUT2D eigenvalue weighted by atomic mass is 35.5. The maximum atomic E-state index is 13.5. The summed E-state index contributed by atoms with van der Waals surface area (Å²) < 4.78 is 13.5. The van der Waals surface area contributed by atoms with Gasteiger partial charge in [-0.15, -0.1) is 0 Å². The first-order valence-corrected chi connectivity index (χ1v) is 6.91. The molecular formula is C14H12Cl2FNO3. The Bertz CT molecular complexity index is 658. The lowest BCUT2D eigenvalue weighted by atomic mass is 10.1. The highest BCUT2D eigenvalue weighted by Gasteiger charge is 2.32. The lowest BCUT2D eigenvalue weighted by molar-refractivity contribution is -0.132. The fourth-order valence-corrected chi connectivity index (χ4v) is 2.22. The number of aliphatic hydroxyl groups excluding tert-OH is 1. The van der Waals surface area contributed by atoms with Crippen LogP contribution in [0.4, 0.5) is 4.39 Å². The van der Waals surface area contributed by atoms with Gasteiger partial charge in [0.2, 0.25) is 0 Å². The largest absolute Gasteiger partial charge is 0.506 e. The topological polar surface area (TPSA) is 69.9 Å². The second-order valence-electron chi connectivity index (χ2n) is 4.87. The molecule has 2 unspecified atom stereocenters. The fraction of sp³-hybridized carbons (Fsp3) is 0.286. The summed E-state index contributed by atoms with van der Waals surface area (Å²) >= 11 is 11.4. The van der Waals surface area contributed by atoms with Crippen LogP contribution in [0.15, 0.2) is 22.7 Å². The van der Waals surface area contributed by atoms with Crippen molar-refractivity contribution >= 4 is 41.1 Å². The van der Waals surface area contributed by atoms with Crippen LogP contribution in [0, 0.1) is 11.7 Å². The predicted molar refractivity (Wildman–Crippen MR) is 79.7 cm³/mol. The lowest BCUT2D eigenvalue weighted by Gasteiger charge is -2.07. The van der Waals surface area contributed by atoms with Crippen LogP contribution in [-0.2, 0) is 4.79 Å². The number of aliphatic carboxylic acids is 1. The summed E-state index contributed by atoms with van der Waals surface area (Å²) in [7, 11) is 0. The zero-order chi connectivity index (χ0) is 15.7. The number of carbonyl (C=O) groups is 1. The Balaban J connectivity index is 2.44. The molecule has 1 aliphatic rings. The van der Waals surface area contributed by atoms with Crippen LogP contribution >= 0.6 is 23.2 Å². The van der Waals surface area contributed by atoms with Crippen LogP contribution in [0.1, 0.15) is 18.9 Å². The van der Waals surface area contributed by atoms with Gasteiger partial charge >= 0.3 is 5.97 Å². The van der Waals surface area contributed by atoms with Gasteiger partial charge in [-0.1, -0.05) is 30.1 Å². The van der Waals surface area contributed by atoms with Crippen molar-refractivity contribution < 1.29 is 19.4 Å². The van der Waals surface area contributed by atoms with Gasteiger partial charge in [-0.05, 0) is 24.5 Å². The zero-order valence-corrected chi connectivity index (χ0v) is 12.5. The molecule has 0 amide bonds. The van der Waals surface area contributed by atoms with Gasteiger partial charge < -0.3 is 10.2 Å². The maximum Gasteiger partial charge on any atom is 0.341 e. The SMILES string of the molecule is CC1CC1N=CC(C(=O)O)=C(O)c1cc(F)c(Cl)cc1Cl. The Kier molecular flexibility index (Phi) is 4.54. The molecule has 0 radical (unpaired) electrons. The third kappa shape index (κ3) is 3.54. The monoisotopic (exact) mass is 331 g/mol. The summed E-state index contributed by atoms with van der Waals surface area (Å²) in [5.74, 6) is -2.44. The van der Waals surface area contributed by atoms with Crippen LogP contribution < -0.4 is 0 Å². The Morgan fingerprint density at radius 2 is 2.00 bits per heavy atom. The molecule has 1 saturated carbocycles. The summed E-state index contributed by atoms with van der Waals surface area (Å²) in [5.41, 5.74) is -0.594. The molecule has 1 fully saturated rings. The van der Waals surface area contributed by atoms with E-state index in [2.05, 4.69) is 4.99 Å². The molecule has 2 N–H and O–H groups in total. The van der Waals surface area contributed by atoms with Crippen molar-refractivity contribution in [3.05, 3.63) is 39.1 Å². The molecule has 0 bridgehead atoms. The van der Waals surface area contributed by atoms with Crippen molar-refractivity contribution in [3.63, 3.8) is 0 Å². The smallest absolute Gasteiger partial charge is 0.341 e. The van der Waals surface area contributed by atoms with E-state index in [-0.39, 0.29) is 21.7 Å². The van der Waals surface area contributed by atoms with E-state index < -0.39 is 23.1 Å². The number of hydrogen-bond donors (Lipinski definition) is 2. The van der Waals surface area contributed by atoms with E-state index >= 15 is 0 Å². The van der Waals surface area contributed by atoms with E-state index in [1.54, 1.807) is 0 Å². The third-order valence-electron chi connectivity index (χ3n) is 3.21. The van der Waals surface area contributed by atoms with Crippen molar-refractivity contribution in [2.24, 2.45) is 10.9 Å². The van der Waals surface area contributed by atoms with Gasteiger partial charge in [0.05, 0.1) is 16.1 Å². The summed E-state index contributed by atoms with van der Waals surface area (Å²) in [6.45, 7) is 1.98. The first-order valence-electron chi connectivity index (χ1n) is 6.16. The number of benzene rings is 1. The molecule has 0 aromatic heterocycles. The molecule has 112 valence electrons. The molecule has 2 atom stereocenters. The van der Waals surface area contributed by atoms with Crippen LogP contribution in [0.2, 0.25) is 10.0 Å². The number of aliphatic imine (C=N–C) groups is 1. The lowest BCUT2D eigenvalue weighted by Crippen LogP contribution is -2.07. The number of nitrogens with zero attached hydrogens (tertiary/aromatic N) is 1. The Labute approximate surface area is 130 Å². The van der Waals surface area contributed by atoms with E-state index in [0.717, 1.165) is 24.8 Å². The van der Waals surface area contributed by atoms with E-state index in [9.17, 15) is 14.3 Å². The van der Waals surface area contributed by atoms with E-state index in [4.69, 9.17) is 28.3 Å². The summed E-state index contributed by atoms with van der Waals surface area (Å²) in [5, 5.41) is 18.9. The minimum atomic E-state index is -1.38. The molecule has 4 nitrogen and oxygen atoms in total. The van der Waals surface area contributed by atoms with Gasteiger partial charge in [0.1, 0.15) is 17.1 Å². The molecule has 2 rings (SSSR count). The van der Waals surface area contributed by atoms with Crippen molar-refractivity contribution in [1.82, 2.24) is 0 Å². The number of carboxylic acids is 1. The first kappa shape index (κ1) is 15.8. The van der Waals surface area contributed by atoms with Crippen LogP contribution in [0.5, 0.6) is 0 Å². The molecular weight excluding hydrogens is 320 g/mol. The van der Waals surface area contributed by atoms with Gasteiger partial charge in [-0.3, -0.25) is 4.99 Å². The first-order chi connectivity index (χ1) is 9.81. The van der Waals surface area contributed by atoms with Gasteiger partial charge in [0.15, 0.2) is 0 Å². The van der Waals surface area contributed by atoms with Gasteiger partial charge in [-0.25, -0.2) is 9.18 Å². The fourth-order valence-electron chi connectivity index (χ4n) is 1.75. The summed E-state index contributed by atoms with van der Waals surface area (Å²) in [6, 6.07) is 2.05. The minimum Gasteiger partial charge on any atom is -0.506 e. The van der Waals surface area contributed by atoms with Crippen molar-refractivity contribution in [1.29, 1.82) is 0 Å². The summed E-state index contributed by atoms with van der Waals surface area (Å²) in [4.78, 5) is 15.3. The normalized spacial score (nSPS) is 22.3. The minimum absolute atomic E-state index is 0.0501. The molecule has 0 spiro atoms. The number of rotatable bonds is 4. The highest BCUT2D eigenvalue weighted by molar-refractivity contribution is 6.36. The van der Waals surface area contributed by atoms with Crippen LogP contribution in [0.3, 0.4) is 0 Å². The number of hydrogen-bond acceptors (Lipinski definition) is 3. The Morgan fingerprint density at radius 1 is 1.38 bits per heavy atom. The molecule has 0 aliphatic heterocycles. The average Bonchev–Trinajstić information content (AvgIpc) is 3.09. The zero-order valence-electron chi connectivity index (χ0n) is 11.0. The van der Waals surface area contributed by atoms with Gasteiger partial charge in [0.25, 0.3) is 0 Å². The van der Waals surface area contributed by atoms with Gasteiger partial charge in [-0.2, -0.15) is 0 Å². The molecule has 0 heterocycles. The third-order valence-corrected chi connectivity index (χ3v) is 3.82. The van der Waals surface area contributed by atoms with Crippen molar-refractivity contribution in [2.75, 3.05) is 0 Å². The quantitative estimate of drug-likeness (QED) is 0.379. The molecule has 1 aromatic carbocycles. The average molecular weight is 332 g/mol. The molecule has 1 aromatic rings. The summed E-state index contributed by atoms with van der Waals surface area (Å²) in [6.07, 6.45) is 1.95. The van der Waals surface area contributed by atoms with E-state index in [1.807, 2.05) is 6.92 Å². The maximum absolute atomic E-state index is 13.5. The Morgan fingerprint density at radius 3 is 2.52 bits per heavy atom. The second kappa shape index (κ2) is 6.03. The highest BCUT2D eigenvalue weighted by Crippen LogP contribution is 2.33. The number of halogens is 3. The van der Waals surface area contributed by atoms with E-state index in [1.165, 1.54) is 0 Å². The molecule has 1 aliphatic carbocycles. The number of carboxylic acid groups (broad SMARTS) is 1. The standard InChI is InChI=1S/C14H12Cl2FNO3/c1-6-2-12(6)18-5-8(14(20)21)13(19)7-3-11(17)10(16)4-9(7)15/h3-6,12,19H,2H2,1H3,(H,20,21). The second-order valence-corrected chi connectivity index (χ2v) is 5.69. The molecule has 0 saturated heterocycles. The van der Waals surface area contributed by atoms with Gasteiger partial charge in [0, 0.05) is 11.8 Å². The van der Waals surface area contributed by atoms with Crippen molar-refractivity contribution in [3.8, 4) is 0 Å². The molecule has 7 heteroatoms. The van der Waals surface area contributed by atoms with Crippen LogP contribution in [-0.4, -0.2) is 28.4 Å². The number of aliphatic hydroxyl groups is 1. The van der Waals surface area contributed by atoms with Crippen molar-refractivity contribution in [2.45, 2.75) is 19.4 Å². The van der Waals surface area contributed by atoms with E-state index in [0.29, 0.717) is 5.92 Å². The predicted octanol–water partition coefficient (Wildman–Crippen LogP) is 3.97. The Hall–Kier alpha value is -1.59. The van der Waals surface area contributed by atoms with Crippen LogP contribution in [0.25, 0.3) is 5.76 Å². The molecule has 21 heavy (non-hydrogen) atoms.